The number of rotatable bonds is 7. The zero-order chi connectivity index (χ0) is 13.5. The molecule has 1 atom stereocenters. The van der Waals surface area contributed by atoms with Crippen LogP contribution in [0.25, 0.3) is 0 Å². The molecule has 108 valence electrons. The van der Waals surface area contributed by atoms with Crippen LogP contribution in [0.5, 0.6) is 0 Å². The lowest BCUT2D eigenvalue weighted by molar-refractivity contribution is 0.297. The highest BCUT2D eigenvalue weighted by molar-refractivity contribution is 9.11. The number of hydrogen-bond acceptors (Lipinski definition) is 2. The van der Waals surface area contributed by atoms with Crippen molar-refractivity contribution in [2.75, 3.05) is 6.54 Å². The molecular weight excluding hydrogens is 318 g/mol. The Morgan fingerprint density at radius 1 is 1.32 bits per heavy atom. The van der Waals surface area contributed by atoms with E-state index in [4.69, 9.17) is 0 Å². The fourth-order valence-electron chi connectivity index (χ4n) is 3.12. The summed E-state index contributed by atoms with van der Waals surface area (Å²) in [4.78, 5) is 1.51. The number of thiophene rings is 1. The van der Waals surface area contributed by atoms with Crippen molar-refractivity contribution in [3.05, 3.63) is 20.8 Å². The van der Waals surface area contributed by atoms with E-state index in [9.17, 15) is 0 Å². The van der Waals surface area contributed by atoms with E-state index >= 15 is 0 Å². The summed E-state index contributed by atoms with van der Waals surface area (Å²) in [5.74, 6) is 0.964. The normalized spacial score (nSPS) is 18.6. The Morgan fingerprint density at radius 3 is 2.74 bits per heavy atom. The van der Waals surface area contributed by atoms with Gasteiger partial charge >= 0.3 is 0 Å². The molecule has 0 bridgehead atoms. The van der Waals surface area contributed by atoms with E-state index in [1.54, 1.807) is 0 Å². The molecule has 1 saturated carbocycles. The molecule has 1 aliphatic rings. The molecule has 1 aromatic heterocycles. The van der Waals surface area contributed by atoms with E-state index in [1.807, 2.05) is 11.3 Å². The Labute approximate surface area is 130 Å². The summed E-state index contributed by atoms with van der Waals surface area (Å²) >= 11 is 5.46. The summed E-state index contributed by atoms with van der Waals surface area (Å²) in [5, 5.41) is 3.77. The third kappa shape index (κ3) is 5.57. The molecule has 1 N–H and O–H groups in total. The van der Waals surface area contributed by atoms with Crippen LogP contribution in [0.1, 0.15) is 56.7 Å². The van der Waals surface area contributed by atoms with Crippen LogP contribution in [-0.2, 0) is 6.42 Å². The standard InChI is InChI=1S/C16H26BrNS/c1-2-10-18-14(11-13-6-4-3-5-7-13)12-15-8-9-16(17)19-15/h8-9,13-14,18H,2-7,10-12H2,1H3. The first-order valence-electron chi connectivity index (χ1n) is 7.75. The predicted octanol–water partition coefficient (Wildman–Crippen LogP) is 5.39. The van der Waals surface area contributed by atoms with E-state index < -0.39 is 0 Å². The third-order valence-corrected chi connectivity index (χ3v) is 5.75. The van der Waals surface area contributed by atoms with Gasteiger partial charge in [-0.15, -0.1) is 11.3 Å². The zero-order valence-electron chi connectivity index (χ0n) is 12.0. The lowest BCUT2D eigenvalue weighted by Gasteiger charge is -2.27. The molecule has 3 heteroatoms. The smallest absolute Gasteiger partial charge is 0.0701 e. The average molecular weight is 344 g/mol. The number of halogens is 1. The highest BCUT2D eigenvalue weighted by atomic mass is 79.9. The van der Waals surface area contributed by atoms with Gasteiger partial charge in [0, 0.05) is 10.9 Å². The van der Waals surface area contributed by atoms with Gasteiger partial charge in [-0.05, 0) is 59.8 Å². The number of hydrogen-bond donors (Lipinski definition) is 1. The average Bonchev–Trinajstić information content (AvgIpc) is 2.82. The maximum absolute atomic E-state index is 3.77. The molecule has 0 spiro atoms. The highest BCUT2D eigenvalue weighted by Crippen LogP contribution is 2.29. The van der Waals surface area contributed by atoms with Gasteiger partial charge in [-0.1, -0.05) is 39.0 Å². The van der Waals surface area contributed by atoms with E-state index in [2.05, 4.69) is 40.3 Å². The van der Waals surface area contributed by atoms with Crippen molar-refractivity contribution in [2.45, 2.75) is 64.3 Å². The second kappa shape index (κ2) is 8.43. The Morgan fingerprint density at radius 2 is 2.11 bits per heavy atom. The Hall–Kier alpha value is 0.140. The molecule has 2 rings (SSSR count). The maximum Gasteiger partial charge on any atom is 0.0701 e. The summed E-state index contributed by atoms with van der Waals surface area (Å²) in [5.41, 5.74) is 0. The fraction of sp³-hybridized carbons (Fsp3) is 0.750. The quantitative estimate of drug-likeness (QED) is 0.699. The Kier molecular flexibility index (Phi) is 6.89. The van der Waals surface area contributed by atoms with Crippen LogP contribution >= 0.6 is 27.3 Å². The van der Waals surface area contributed by atoms with Gasteiger partial charge in [0.2, 0.25) is 0 Å². The maximum atomic E-state index is 3.77. The molecule has 1 aliphatic carbocycles. The minimum Gasteiger partial charge on any atom is -0.314 e. The van der Waals surface area contributed by atoms with Crippen LogP contribution in [0.15, 0.2) is 15.9 Å². The Bertz CT molecular complexity index is 357. The van der Waals surface area contributed by atoms with Crippen molar-refractivity contribution in [2.24, 2.45) is 5.92 Å². The SMILES string of the molecule is CCCNC(Cc1ccc(Br)s1)CC1CCCCC1. The number of nitrogens with one attached hydrogen (secondary N) is 1. The van der Waals surface area contributed by atoms with Gasteiger partial charge in [0.15, 0.2) is 0 Å². The molecule has 0 saturated heterocycles. The van der Waals surface area contributed by atoms with Crippen LogP contribution < -0.4 is 5.32 Å². The van der Waals surface area contributed by atoms with E-state index in [-0.39, 0.29) is 0 Å². The molecule has 0 aromatic carbocycles. The van der Waals surface area contributed by atoms with Crippen molar-refractivity contribution in [3.63, 3.8) is 0 Å². The topological polar surface area (TPSA) is 12.0 Å². The van der Waals surface area contributed by atoms with Crippen LogP contribution in [0.3, 0.4) is 0 Å². The van der Waals surface area contributed by atoms with Crippen molar-refractivity contribution >= 4 is 27.3 Å². The highest BCUT2D eigenvalue weighted by Gasteiger charge is 2.19. The van der Waals surface area contributed by atoms with Crippen LogP contribution in [0, 0.1) is 5.92 Å². The first-order valence-corrected chi connectivity index (χ1v) is 9.36. The van der Waals surface area contributed by atoms with Crippen molar-refractivity contribution in [1.29, 1.82) is 0 Å². The minimum atomic E-state index is 0.675. The second-order valence-corrected chi connectivity index (χ2v) is 8.35. The molecule has 0 radical (unpaired) electrons. The zero-order valence-corrected chi connectivity index (χ0v) is 14.4. The monoisotopic (exact) mass is 343 g/mol. The first kappa shape index (κ1) is 15.5. The molecule has 19 heavy (non-hydrogen) atoms. The van der Waals surface area contributed by atoms with Gasteiger partial charge < -0.3 is 5.32 Å². The second-order valence-electron chi connectivity index (χ2n) is 5.80. The van der Waals surface area contributed by atoms with Crippen LogP contribution in [0.2, 0.25) is 0 Å². The van der Waals surface area contributed by atoms with E-state index in [0.29, 0.717) is 6.04 Å². The van der Waals surface area contributed by atoms with Crippen molar-refractivity contribution in [3.8, 4) is 0 Å². The summed E-state index contributed by atoms with van der Waals surface area (Å²) in [6.45, 7) is 3.41. The Balaban J connectivity index is 1.86. The molecule has 1 fully saturated rings. The van der Waals surface area contributed by atoms with Gasteiger partial charge in [0.25, 0.3) is 0 Å². The molecule has 1 heterocycles. The summed E-state index contributed by atoms with van der Waals surface area (Å²) < 4.78 is 1.26. The molecule has 0 aliphatic heterocycles. The van der Waals surface area contributed by atoms with Crippen LogP contribution in [-0.4, -0.2) is 12.6 Å². The van der Waals surface area contributed by atoms with Crippen molar-refractivity contribution < 1.29 is 0 Å². The molecule has 1 aromatic rings. The third-order valence-electron chi connectivity index (χ3n) is 4.10. The largest absolute Gasteiger partial charge is 0.314 e. The van der Waals surface area contributed by atoms with Gasteiger partial charge in [0.05, 0.1) is 3.79 Å². The fourth-order valence-corrected chi connectivity index (χ4v) is 4.68. The minimum absolute atomic E-state index is 0.675. The van der Waals surface area contributed by atoms with E-state index in [0.717, 1.165) is 12.5 Å². The molecule has 1 nitrogen and oxygen atoms in total. The first-order chi connectivity index (χ1) is 9.28. The predicted molar refractivity (Wildman–Crippen MR) is 89.0 cm³/mol. The lowest BCUT2D eigenvalue weighted by Crippen LogP contribution is -2.34. The summed E-state index contributed by atoms with van der Waals surface area (Å²) in [6.07, 6.45) is 11.1. The van der Waals surface area contributed by atoms with Gasteiger partial charge in [0.1, 0.15) is 0 Å². The molecular formula is C16H26BrNS. The summed E-state index contributed by atoms with van der Waals surface area (Å²) in [6, 6.07) is 5.13. The van der Waals surface area contributed by atoms with Crippen LogP contribution in [0.4, 0.5) is 0 Å². The molecule has 0 amide bonds. The van der Waals surface area contributed by atoms with Gasteiger partial charge in [-0.2, -0.15) is 0 Å². The van der Waals surface area contributed by atoms with Gasteiger partial charge in [-0.25, -0.2) is 0 Å². The molecule has 1 unspecified atom stereocenters. The summed E-state index contributed by atoms with van der Waals surface area (Å²) in [7, 11) is 0. The van der Waals surface area contributed by atoms with Gasteiger partial charge in [-0.3, -0.25) is 0 Å². The van der Waals surface area contributed by atoms with Crippen molar-refractivity contribution in [1.82, 2.24) is 5.32 Å². The lowest BCUT2D eigenvalue weighted by atomic mass is 9.84. The van der Waals surface area contributed by atoms with E-state index in [1.165, 1.54) is 60.0 Å².